The van der Waals surface area contributed by atoms with Gasteiger partial charge in [-0.15, -0.1) is 6.42 Å². The maximum absolute atomic E-state index is 12.1. The number of halogens is 2. The first-order chi connectivity index (χ1) is 13.0. The van der Waals surface area contributed by atoms with Crippen LogP contribution in [0.5, 0.6) is 5.75 Å². The second-order valence-corrected chi connectivity index (χ2v) is 7.16. The number of hydrogen-bond acceptors (Lipinski definition) is 4. The molecule has 0 atom stereocenters. The number of rotatable bonds is 7. The Bertz CT molecular complexity index is 698. The van der Waals surface area contributed by atoms with E-state index in [1.54, 1.807) is 18.2 Å². The van der Waals surface area contributed by atoms with Crippen LogP contribution in [0.4, 0.5) is 0 Å². The maximum Gasteiger partial charge on any atom is 0.241 e. The molecule has 1 aromatic carbocycles. The highest BCUT2D eigenvalue weighted by molar-refractivity contribution is 6.35. The maximum atomic E-state index is 12.1. The van der Waals surface area contributed by atoms with E-state index >= 15 is 0 Å². The van der Waals surface area contributed by atoms with E-state index in [1.807, 2.05) is 0 Å². The van der Waals surface area contributed by atoms with Crippen LogP contribution in [0, 0.1) is 18.3 Å². The first-order valence-electron chi connectivity index (χ1n) is 8.82. The highest BCUT2D eigenvalue weighted by Crippen LogP contribution is 2.27. The number of likely N-dealkylation sites (tertiary alicyclic amines) is 1. The lowest BCUT2D eigenvalue weighted by Crippen LogP contribution is -2.47. The number of piperidine rings is 1. The van der Waals surface area contributed by atoms with Crippen LogP contribution in [-0.4, -0.2) is 43.0 Å². The summed E-state index contributed by atoms with van der Waals surface area (Å²) in [7, 11) is 0. The quantitative estimate of drug-likeness (QED) is 0.411. The molecule has 0 spiro atoms. The summed E-state index contributed by atoms with van der Waals surface area (Å²) in [6.45, 7) is 2.52. The van der Waals surface area contributed by atoms with Gasteiger partial charge in [0.15, 0.2) is 0 Å². The molecule has 27 heavy (non-hydrogen) atoms. The number of carbonyl (C=O) groups excluding carboxylic acids is 2. The molecule has 0 saturated carbocycles. The Morgan fingerprint density at radius 2 is 2.00 bits per heavy atom. The van der Waals surface area contributed by atoms with Crippen molar-refractivity contribution in [2.45, 2.75) is 25.7 Å². The molecule has 1 aliphatic heterocycles. The van der Waals surface area contributed by atoms with Gasteiger partial charge in [-0.3, -0.25) is 25.3 Å². The van der Waals surface area contributed by atoms with Gasteiger partial charge in [0.2, 0.25) is 11.8 Å². The summed E-state index contributed by atoms with van der Waals surface area (Å²) < 4.78 is 5.52. The summed E-state index contributed by atoms with van der Waals surface area (Å²) in [5.41, 5.74) is 4.95. The van der Waals surface area contributed by atoms with Gasteiger partial charge in [0.05, 0.1) is 18.2 Å². The van der Waals surface area contributed by atoms with Gasteiger partial charge in [0.1, 0.15) is 5.75 Å². The van der Waals surface area contributed by atoms with Crippen molar-refractivity contribution < 1.29 is 14.3 Å². The molecular formula is C19H23Cl2N3O3. The topological polar surface area (TPSA) is 70.7 Å². The van der Waals surface area contributed by atoms with Crippen molar-refractivity contribution >= 4 is 35.0 Å². The highest BCUT2D eigenvalue weighted by atomic mass is 35.5. The number of amides is 2. The highest BCUT2D eigenvalue weighted by Gasteiger charge is 2.24. The third-order valence-electron chi connectivity index (χ3n) is 4.30. The molecule has 1 aromatic rings. The summed E-state index contributed by atoms with van der Waals surface area (Å²) in [5, 5.41) is 0.955. The standard InChI is InChI=1S/C19H23Cl2N3O3/c1-2-9-24-10-7-14(8-11-24)19(26)23-22-18(25)4-3-12-27-17-6-5-15(20)13-16(17)21/h1,5-6,13-14H,3-4,7-12H2,(H,22,25)(H,23,26). The Balaban J connectivity index is 1.59. The average molecular weight is 412 g/mol. The Labute approximate surface area is 169 Å². The summed E-state index contributed by atoms with van der Waals surface area (Å²) in [5.74, 6) is 2.60. The number of ether oxygens (including phenoxy) is 1. The van der Waals surface area contributed by atoms with Crippen molar-refractivity contribution in [2.75, 3.05) is 26.2 Å². The van der Waals surface area contributed by atoms with Crippen LogP contribution in [0.1, 0.15) is 25.7 Å². The van der Waals surface area contributed by atoms with Crippen molar-refractivity contribution in [2.24, 2.45) is 5.92 Å². The zero-order valence-electron chi connectivity index (χ0n) is 15.0. The van der Waals surface area contributed by atoms with E-state index in [0.29, 0.717) is 35.4 Å². The van der Waals surface area contributed by atoms with Crippen molar-refractivity contribution in [3.8, 4) is 18.1 Å². The molecule has 0 radical (unpaired) electrons. The lowest BCUT2D eigenvalue weighted by atomic mass is 9.96. The number of terminal acetylenes is 1. The number of hydrazine groups is 1. The minimum atomic E-state index is -0.265. The molecule has 6 nitrogen and oxygen atoms in total. The molecule has 8 heteroatoms. The van der Waals surface area contributed by atoms with E-state index in [1.165, 1.54) is 0 Å². The minimum absolute atomic E-state index is 0.102. The van der Waals surface area contributed by atoms with Gasteiger partial charge in [0.25, 0.3) is 0 Å². The van der Waals surface area contributed by atoms with Gasteiger partial charge in [-0.2, -0.15) is 0 Å². The van der Waals surface area contributed by atoms with Crippen LogP contribution in [0.25, 0.3) is 0 Å². The lowest BCUT2D eigenvalue weighted by Gasteiger charge is -2.29. The fraction of sp³-hybridized carbons (Fsp3) is 0.474. The molecule has 1 saturated heterocycles. The largest absolute Gasteiger partial charge is 0.492 e. The van der Waals surface area contributed by atoms with E-state index < -0.39 is 0 Å². The molecule has 0 unspecified atom stereocenters. The molecule has 146 valence electrons. The molecule has 1 heterocycles. The molecule has 2 amide bonds. The molecule has 1 aliphatic rings. The molecule has 0 aliphatic carbocycles. The summed E-state index contributed by atoms with van der Waals surface area (Å²) in [6, 6.07) is 4.96. The Hall–Kier alpha value is -1.94. The number of nitrogens with one attached hydrogen (secondary N) is 2. The Morgan fingerprint density at radius 3 is 2.67 bits per heavy atom. The molecule has 1 fully saturated rings. The van der Waals surface area contributed by atoms with E-state index in [2.05, 4.69) is 21.7 Å². The third-order valence-corrected chi connectivity index (χ3v) is 4.83. The van der Waals surface area contributed by atoms with Crippen molar-refractivity contribution in [1.29, 1.82) is 0 Å². The first kappa shape index (κ1) is 21.4. The minimum Gasteiger partial charge on any atom is -0.492 e. The number of benzene rings is 1. The van der Waals surface area contributed by atoms with Gasteiger partial charge >= 0.3 is 0 Å². The second kappa shape index (κ2) is 11.0. The van der Waals surface area contributed by atoms with E-state index in [0.717, 1.165) is 25.9 Å². The smallest absolute Gasteiger partial charge is 0.241 e. The van der Waals surface area contributed by atoms with Crippen molar-refractivity contribution in [1.82, 2.24) is 15.8 Å². The van der Waals surface area contributed by atoms with Crippen molar-refractivity contribution in [3.63, 3.8) is 0 Å². The average Bonchev–Trinajstić information content (AvgIpc) is 2.65. The zero-order chi connectivity index (χ0) is 19.6. The second-order valence-electron chi connectivity index (χ2n) is 6.32. The van der Waals surface area contributed by atoms with E-state index in [4.69, 9.17) is 34.4 Å². The predicted octanol–water partition coefficient (Wildman–Crippen LogP) is 2.65. The van der Waals surface area contributed by atoms with Crippen LogP contribution in [0.15, 0.2) is 18.2 Å². The molecule has 2 rings (SSSR count). The van der Waals surface area contributed by atoms with Crippen LogP contribution in [0.3, 0.4) is 0 Å². The summed E-state index contributed by atoms with van der Waals surface area (Å²) >= 11 is 11.8. The molecule has 2 N–H and O–H groups in total. The van der Waals surface area contributed by atoms with Gasteiger partial charge in [-0.25, -0.2) is 0 Å². The normalized spacial score (nSPS) is 15.0. The van der Waals surface area contributed by atoms with Crippen LogP contribution < -0.4 is 15.6 Å². The number of carbonyl (C=O) groups is 2. The number of hydrogen-bond donors (Lipinski definition) is 2. The fourth-order valence-electron chi connectivity index (χ4n) is 2.79. The van der Waals surface area contributed by atoms with Gasteiger partial charge in [-0.05, 0) is 50.6 Å². The van der Waals surface area contributed by atoms with E-state index in [-0.39, 0.29) is 24.2 Å². The fourth-order valence-corrected chi connectivity index (χ4v) is 3.25. The third kappa shape index (κ3) is 7.30. The monoisotopic (exact) mass is 411 g/mol. The van der Waals surface area contributed by atoms with Gasteiger partial charge in [-0.1, -0.05) is 29.1 Å². The zero-order valence-corrected chi connectivity index (χ0v) is 16.5. The van der Waals surface area contributed by atoms with Crippen LogP contribution >= 0.6 is 23.2 Å². The van der Waals surface area contributed by atoms with Gasteiger partial charge in [0, 0.05) is 17.4 Å². The van der Waals surface area contributed by atoms with Crippen molar-refractivity contribution in [3.05, 3.63) is 28.2 Å². The SMILES string of the molecule is C#CCN1CCC(C(=O)NNC(=O)CCCOc2ccc(Cl)cc2Cl)CC1. The lowest BCUT2D eigenvalue weighted by molar-refractivity contribution is -0.132. The van der Waals surface area contributed by atoms with Crippen LogP contribution in [0.2, 0.25) is 10.0 Å². The molecule has 0 bridgehead atoms. The summed E-state index contributed by atoms with van der Waals surface area (Å²) in [4.78, 5) is 26.1. The van der Waals surface area contributed by atoms with E-state index in [9.17, 15) is 9.59 Å². The Kier molecular flexibility index (Phi) is 8.73. The Morgan fingerprint density at radius 1 is 1.26 bits per heavy atom. The summed E-state index contributed by atoms with van der Waals surface area (Å²) in [6.07, 6.45) is 7.48. The first-order valence-corrected chi connectivity index (χ1v) is 9.57. The predicted molar refractivity (Wildman–Crippen MR) is 105 cm³/mol. The molecular weight excluding hydrogens is 389 g/mol. The van der Waals surface area contributed by atoms with Gasteiger partial charge < -0.3 is 4.74 Å². The number of nitrogens with zero attached hydrogens (tertiary/aromatic N) is 1. The van der Waals surface area contributed by atoms with Crippen LogP contribution in [-0.2, 0) is 9.59 Å². The molecule has 0 aromatic heterocycles.